The summed E-state index contributed by atoms with van der Waals surface area (Å²) in [6, 6.07) is 7.91. The van der Waals surface area contributed by atoms with E-state index >= 15 is 0 Å². The van der Waals surface area contributed by atoms with E-state index in [0.29, 0.717) is 0 Å². The Hall–Kier alpha value is -1.57. The van der Waals surface area contributed by atoms with Crippen LogP contribution in [-0.2, 0) is 9.53 Å². The first-order valence-electron chi connectivity index (χ1n) is 5.75. The second-order valence-electron chi connectivity index (χ2n) is 5.22. The molecule has 0 radical (unpaired) electrons. The minimum absolute atomic E-state index is 0.219. The van der Waals surface area contributed by atoms with Crippen molar-refractivity contribution in [1.82, 2.24) is 0 Å². The van der Waals surface area contributed by atoms with Crippen molar-refractivity contribution in [3.8, 4) is 0 Å². The zero-order valence-electron chi connectivity index (χ0n) is 11.0. The minimum Gasteiger partial charge on any atom is -0.453 e. The molecule has 0 aliphatic carbocycles. The van der Waals surface area contributed by atoms with Gasteiger partial charge in [-0.25, -0.2) is 0 Å². The maximum absolute atomic E-state index is 11.8. The van der Waals surface area contributed by atoms with Crippen LogP contribution < -0.4 is 0 Å². The number of carbonyl (C=O) groups is 1. The van der Waals surface area contributed by atoms with Crippen molar-refractivity contribution in [2.24, 2.45) is 5.41 Å². The summed E-state index contributed by atoms with van der Waals surface area (Å²) in [6.45, 7) is 11.3. The van der Waals surface area contributed by atoms with Gasteiger partial charge in [-0.05, 0) is 39.3 Å². The summed E-state index contributed by atoms with van der Waals surface area (Å²) in [5, 5.41) is 0. The SMILES string of the molecule is C=CC(OC(=O)C(C)(C)C)c1ccc(C)cc1. The van der Waals surface area contributed by atoms with Crippen LogP contribution in [0, 0.1) is 12.3 Å². The first-order valence-corrected chi connectivity index (χ1v) is 5.75. The smallest absolute Gasteiger partial charge is 0.312 e. The van der Waals surface area contributed by atoms with Gasteiger partial charge in [-0.1, -0.05) is 36.4 Å². The van der Waals surface area contributed by atoms with Crippen LogP contribution >= 0.6 is 0 Å². The standard InChI is InChI=1S/C15H20O2/c1-6-13(17-14(16)15(3,4)5)12-9-7-11(2)8-10-12/h6-10,13H,1H2,2-5H3. The van der Waals surface area contributed by atoms with Gasteiger partial charge >= 0.3 is 5.97 Å². The van der Waals surface area contributed by atoms with Gasteiger partial charge in [0.2, 0.25) is 0 Å². The Kier molecular flexibility index (Phi) is 4.11. The second-order valence-corrected chi connectivity index (χ2v) is 5.22. The maximum atomic E-state index is 11.8. The Labute approximate surface area is 103 Å². The summed E-state index contributed by atoms with van der Waals surface area (Å²) in [6.07, 6.45) is 1.27. The van der Waals surface area contributed by atoms with E-state index in [1.54, 1.807) is 6.08 Å². The number of benzene rings is 1. The molecule has 0 saturated heterocycles. The third-order valence-corrected chi connectivity index (χ3v) is 2.47. The highest BCUT2D eigenvalue weighted by Gasteiger charge is 2.25. The monoisotopic (exact) mass is 232 g/mol. The number of ether oxygens (including phenoxy) is 1. The second kappa shape index (κ2) is 5.17. The molecule has 0 spiro atoms. The average Bonchev–Trinajstić information content (AvgIpc) is 2.25. The highest BCUT2D eigenvalue weighted by molar-refractivity contribution is 5.75. The van der Waals surface area contributed by atoms with Crippen molar-refractivity contribution in [3.63, 3.8) is 0 Å². The fourth-order valence-corrected chi connectivity index (χ4v) is 1.30. The van der Waals surface area contributed by atoms with Gasteiger partial charge in [-0.2, -0.15) is 0 Å². The van der Waals surface area contributed by atoms with E-state index in [-0.39, 0.29) is 12.1 Å². The van der Waals surface area contributed by atoms with Crippen LogP contribution in [-0.4, -0.2) is 5.97 Å². The molecule has 0 N–H and O–H groups in total. The van der Waals surface area contributed by atoms with Crippen LogP contribution in [0.4, 0.5) is 0 Å². The molecule has 0 aliphatic rings. The summed E-state index contributed by atoms with van der Waals surface area (Å²) >= 11 is 0. The summed E-state index contributed by atoms with van der Waals surface area (Å²) in [5.41, 5.74) is 1.63. The normalized spacial score (nSPS) is 12.9. The van der Waals surface area contributed by atoms with Gasteiger partial charge in [0.05, 0.1) is 5.41 Å². The number of esters is 1. The zero-order chi connectivity index (χ0) is 13.1. The minimum atomic E-state index is -0.494. The molecule has 0 fully saturated rings. The van der Waals surface area contributed by atoms with Crippen molar-refractivity contribution in [2.45, 2.75) is 33.8 Å². The molecule has 92 valence electrons. The summed E-state index contributed by atoms with van der Waals surface area (Å²) in [4.78, 5) is 11.8. The number of hydrogen-bond acceptors (Lipinski definition) is 2. The van der Waals surface area contributed by atoms with E-state index in [4.69, 9.17) is 4.74 Å². The van der Waals surface area contributed by atoms with Crippen molar-refractivity contribution in [1.29, 1.82) is 0 Å². The molecule has 17 heavy (non-hydrogen) atoms. The van der Waals surface area contributed by atoms with Crippen molar-refractivity contribution >= 4 is 5.97 Å². The Morgan fingerprint density at radius 2 is 1.82 bits per heavy atom. The zero-order valence-corrected chi connectivity index (χ0v) is 11.0. The number of carbonyl (C=O) groups excluding carboxylic acids is 1. The molecular formula is C15H20O2. The lowest BCUT2D eigenvalue weighted by Gasteiger charge is -2.21. The third-order valence-electron chi connectivity index (χ3n) is 2.47. The predicted molar refractivity (Wildman–Crippen MR) is 69.7 cm³/mol. The van der Waals surface area contributed by atoms with Gasteiger partial charge in [0.1, 0.15) is 6.10 Å². The molecule has 0 amide bonds. The molecular weight excluding hydrogens is 212 g/mol. The Morgan fingerprint density at radius 3 is 2.24 bits per heavy atom. The molecule has 2 nitrogen and oxygen atoms in total. The van der Waals surface area contributed by atoms with Crippen LogP contribution in [0.15, 0.2) is 36.9 Å². The first kappa shape index (κ1) is 13.5. The Morgan fingerprint density at radius 1 is 1.29 bits per heavy atom. The fourth-order valence-electron chi connectivity index (χ4n) is 1.30. The van der Waals surface area contributed by atoms with Gasteiger partial charge in [-0.15, -0.1) is 0 Å². The molecule has 0 bridgehead atoms. The molecule has 1 rings (SSSR count). The van der Waals surface area contributed by atoms with E-state index < -0.39 is 5.41 Å². The quantitative estimate of drug-likeness (QED) is 0.585. The number of hydrogen-bond donors (Lipinski definition) is 0. The first-order chi connectivity index (χ1) is 7.84. The topological polar surface area (TPSA) is 26.3 Å². The Balaban J connectivity index is 2.83. The van der Waals surface area contributed by atoms with Crippen LogP contribution in [0.5, 0.6) is 0 Å². The molecule has 2 heteroatoms. The van der Waals surface area contributed by atoms with Gasteiger partial charge in [0.25, 0.3) is 0 Å². The molecule has 1 aromatic carbocycles. The molecule has 0 aliphatic heterocycles. The molecule has 0 saturated carbocycles. The van der Waals surface area contributed by atoms with Gasteiger partial charge in [0, 0.05) is 0 Å². The lowest BCUT2D eigenvalue weighted by atomic mass is 9.97. The van der Waals surface area contributed by atoms with Crippen molar-refractivity contribution < 1.29 is 9.53 Å². The fraction of sp³-hybridized carbons (Fsp3) is 0.400. The van der Waals surface area contributed by atoms with Gasteiger partial charge in [0.15, 0.2) is 0 Å². The number of aryl methyl sites for hydroxylation is 1. The summed E-state index contributed by atoms with van der Waals surface area (Å²) in [5.74, 6) is -0.219. The molecule has 0 aromatic heterocycles. The van der Waals surface area contributed by atoms with Crippen LogP contribution in [0.1, 0.15) is 38.0 Å². The van der Waals surface area contributed by atoms with E-state index in [2.05, 4.69) is 6.58 Å². The highest BCUT2D eigenvalue weighted by Crippen LogP contribution is 2.24. The average molecular weight is 232 g/mol. The molecule has 0 heterocycles. The molecule has 1 aromatic rings. The predicted octanol–water partition coefficient (Wildman–Crippen LogP) is 3.81. The largest absolute Gasteiger partial charge is 0.453 e. The maximum Gasteiger partial charge on any atom is 0.312 e. The lowest BCUT2D eigenvalue weighted by molar-refractivity contribution is -0.156. The van der Waals surface area contributed by atoms with Gasteiger partial charge in [-0.3, -0.25) is 4.79 Å². The lowest BCUT2D eigenvalue weighted by Crippen LogP contribution is -2.24. The van der Waals surface area contributed by atoms with Crippen molar-refractivity contribution in [2.75, 3.05) is 0 Å². The Bertz CT molecular complexity index is 396. The highest BCUT2D eigenvalue weighted by atomic mass is 16.5. The van der Waals surface area contributed by atoms with Crippen molar-refractivity contribution in [3.05, 3.63) is 48.0 Å². The molecule has 1 unspecified atom stereocenters. The van der Waals surface area contributed by atoms with Crippen LogP contribution in [0.25, 0.3) is 0 Å². The third kappa shape index (κ3) is 3.74. The van der Waals surface area contributed by atoms with E-state index in [1.165, 1.54) is 5.56 Å². The molecule has 1 atom stereocenters. The summed E-state index contributed by atoms with van der Waals surface area (Å²) < 4.78 is 5.43. The number of rotatable bonds is 3. The van der Waals surface area contributed by atoms with E-state index in [1.807, 2.05) is 52.0 Å². The van der Waals surface area contributed by atoms with Crippen LogP contribution in [0.3, 0.4) is 0 Å². The van der Waals surface area contributed by atoms with E-state index in [9.17, 15) is 4.79 Å². The van der Waals surface area contributed by atoms with Crippen LogP contribution in [0.2, 0.25) is 0 Å². The van der Waals surface area contributed by atoms with Gasteiger partial charge < -0.3 is 4.74 Å². The summed E-state index contributed by atoms with van der Waals surface area (Å²) in [7, 11) is 0. The van der Waals surface area contributed by atoms with E-state index in [0.717, 1.165) is 5.56 Å².